The lowest BCUT2D eigenvalue weighted by atomic mass is 10.1. The first kappa shape index (κ1) is 32.5. The van der Waals surface area contributed by atoms with Gasteiger partial charge in [-0.25, -0.2) is 8.42 Å². The Hall–Kier alpha value is -4.05. The smallest absolute Gasteiger partial charge is 0.264 e. The van der Waals surface area contributed by atoms with Crippen LogP contribution in [-0.2, 0) is 26.2 Å². The Labute approximate surface area is 249 Å². The SMILES string of the molecule is CCOc1ccc(S(=O)(=O)N(CC(=O)N(Cc2ccc(OC)cc2)C(C)C(=O)NC(C)CC)c2ccc(C)cc2)cc1. The fourth-order valence-corrected chi connectivity index (χ4v) is 5.63. The Kier molecular flexibility index (Phi) is 11.4. The van der Waals surface area contributed by atoms with Crippen molar-refractivity contribution in [3.05, 3.63) is 83.9 Å². The number of nitrogens with zero attached hydrogens (tertiary/aromatic N) is 2. The summed E-state index contributed by atoms with van der Waals surface area (Å²) in [5, 5.41) is 2.94. The highest BCUT2D eigenvalue weighted by Crippen LogP contribution is 2.26. The zero-order valence-corrected chi connectivity index (χ0v) is 26.0. The van der Waals surface area contributed by atoms with E-state index in [-0.39, 0.29) is 23.4 Å². The standard InChI is InChI=1S/C32H41N3O6S/c1-7-24(4)33-32(37)25(5)34(21-26-11-15-28(40-6)16-12-26)31(36)22-35(27-13-9-23(3)10-14-27)42(38,39)30-19-17-29(18-20-30)41-8-2/h9-20,24-25H,7-8,21-22H2,1-6H3,(H,33,37). The van der Waals surface area contributed by atoms with Gasteiger partial charge in [-0.3, -0.25) is 13.9 Å². The van der Waals surface area contributed by atoms with Gasteiger partial charge in [-0.05, 0) is 88.2 Å². The maximum absolute atomic E-state index is 14.0. The van der Waals surface area contributed by atoms with Gasteiger partial charge in [0.1, 0.15) is 24.1 Å². The maximum Gasteiger partial charge on any atom is 0.264 e. The van der Waals surface area contributed by atoms with Crippen molar-refractivity contribution >= 4 is 27.5 Å². The molecule has 0 saturated carbocycles. The summed E-state index contributed by atoms with van der Waals surface area (Å²) in [4.78, 5) is 28.6. The molecule has 0 bridgehead atoms. The number of amides is 2. The third-order valence-electron chi connectivity index (χ3n) is 7.00. The molecule has 0 aliphatic rings. The first-order valence-electron chi connectivity index (χ1n) is 14.0. The number of anilines is 1. The average molecular weight is 596 g/mol. The Morgan fingerprint density at radius 1 is 0.881 bits per heavy atom. The van der Waals surface area contributed by atoms with Crippen molar-refractivity contribution in [1.29, 1.82) is 0 Å². The zero-order chi connectivity index (χ0) is 30.9. The van der Waals surface area contributed by atoms with Gasteiger partial charge in [0.15, 0.2) is 0 Å². The summed E-state index contributed by atoms with van der Waals surface area (Å²) in [7, 11) is -2.60. The van der Waals surface area contributed by atoms with Gasteiger partial charge < -0.3 is 19.7 Å². The predicted molar refractivity (Wildman–Crippen MR) is 164 cm³/mol. The van der Waals surface area contributed by atoms with Crippen molar-refractivity contribution in [2.24, 2.45) is 0 Å². The molecule has 42 heavy (non-hydrogen) atoms. The van der Waals surface area contributed by atoms with Crippen LogP contribution >= 0.6 is 0 Å². The first-order chi connectivity index (χ1) is 20.0. The number of carbonyl (C=O) groups is 2. The van der Waals surface area contributed by atoms with Gasteiger partial charge in [0.05, 0.1) is 24.3 Å². The fourth-order valence-electron chi connectivity index (χ4n) is 4.22. The van der Waals surface area contributed by atoms with E-state index < -0.39 is 28.5 Å². The summed E-state index contributed by atoms with van der Waals surface area (Å²) in [5.74, 6) is 0.364. The molecule has 0 fully saturated rings. The third kappa shape index (κ3) is 8.25. The molecule has 10 heteroatoms. The minimum Gasteiger partial charge on any atom is -0.497 e. The van der Waals surface area contributed by atoms with Crippen LogP contribution in [0.1, 0.15) is 45.2 Å². The molecular weight excluding hydrogens is 554 g/mol. The fraction of sp³-hybridized carbons (Fsp3) is 0.375. The quantitative estimate of drug-likeness (QED) is 0.283. The maximum atomic E-state index is 14.0. The summed E-state index contributed by atoms with van der Waals surface area (Å²) in [6.07, 6.45) is 0.729. The number of rotatable bonds is 14. The number of sulfonamides is 1. The van der Waals surface area contributed by atoms with Gasteiger partial charge in [0.2, 0.25) is 11.8 Å². The Morgan fingerprint density at radius 3 is 2.02 bits per heavy atom. The van der Waals surface area contributed by atoms with Crippen LogP contribution in [0.25, 0.3) is 0 Å². The highest BCUT2D eigenvalue weighted by Gasteiger charge is 2.32. The number of aryl methyl sites for hydroxylation is 1. The zero-order valence-electron chi connectivity index (χ0n) is 25.2. The van der Waals surface area contributed by atoms with E-state index >= 15 is 0 Å². The topological polar surface area (TPSA) is 105 Å². The van der Waals surface area contributed by atoms with E-state index in [1.54, 1.807) is 62.6 Å². The summed E-state index contributed by atoms with van der Waals surface area (Å²) in [6.45, 7) is 9.28. The van der Waals surface area contributed by atoms with Crippen LogP contribution in [0.5, 0.6) is 11.5 Å². The van der Waals surface area contributed by atoms with Crippen LogP contribution in [-0.4, -0.2) is 57.5 Å². The van der Waals surface area contributed by atoms with E-state index in [1.807, 2.05) is 39.8 Å². The number of hydrogen-bond donors (Lipinski definition) is 1. The van der Waals surface area contributed by atoms with Crippen LogP contribution in [0.4, 0.5) is 5.69 Å². The Bertz CT molecular complexity index is 1420. The number of carbonyl (C=O) groups excluding carboxylic acids is 2. The van der Waals surface area contributed by atoms with E-state index in [0.717, 1.165) is 21.9 Å². The summed E-state index contributed by atoms with van der Waals surface area (Å²) in [6, 6.07) is 19.2. The van der Waals surface area contributed by atoms with E-state index in [4.69, 9.17) is 9.47 Å². The van der Waals surface area contributed by atoms with Crippen LogP contribution < -0.4 is 19.1 Å². The first-order valence-corrected chi connectivity index (χ1v) is 15.5. The van der Waals surface area contributed by atoms with Crippen molar-refractivity contribution in [2.45, 2.75) is 64.6 Å². The molecule has 0 aromatic heterocycles. The molecule has 2 amide bonds. The second kappa shape index (κ2) is 14.7. The second-order valence-electron chi connectivity index (χ2n) is 10.1. The largest absolute Gasteiger partial charge is 0.497 e. The number of hydrogen-bond acceptors (Lipinski definition) is 6. The molecule has 226 valence electrons. The van der Waals surface area contributed by atoms with E-state index in [0.29, 0.717) is 23.8 Å². The molecule has 0 radical (unpaired) electrons. The lowest BCUT2D eigenvalue weighted by Gasteiger charge is -2.32. The summed E-state index contributed by atoms with van der Waals surface area (Å²) >= 11 is 0. The highest BCUT2D eigenvalue weighted by molar-refractivity contribution is 7.92. The van der Waals surface area contributed by atoms with Crippen molar-refractivity contribution in [1.82, 2.24) is 10.2 Å². The summed E-state index contributed by atoms with van der Waals surface area (Å²) in [5.41, 5.74) is 2.05. The molecule has 0 saturated heterocycles. The molecular formula is C32H41N3O6S. The van der Waals surface area contributed by atoms with Gasteiger partial charge in [0.25, 0.3) is 10.0 Å². The number of methoxy groups -OCH3 is 1. The van der Waals surface area contributed by atoms with Crippen molar-refractivity contribution in [3.8, 4) is 11.5 Å². The number of ether oxygens (including phenoxy) is 2. The Morgan fingerprint density at radius 2 is 1.48 bits per heavy atom. The molecule has 2 atom stereocenters. The molecule has 0 aliphatic heterocycles. The number of benzene rings is 3. The van der Waals surface area contributed by atoms with E-state index in [1.165, 1.54) is 17.0 Å². The molecule has 2 unspecified atom stereocenters. The van der Waals surface area contributed by atoms with Gasteiger partial charge in [0, 0.05) is 12.6 Å². The summed E-state index contributed by atoms with van der Waals surface area (Å²) < 4.78 is 39.8. The third-order valence-corrected chi connectivity index (χ3v) is 8.79. The van der Waals surface area contributed by atoms with Crippen molar-refractivity contribution in [2.75, 3.05) is 24.6 Å². The van der Waals surface area contributed by atoms with Gasteiger partial charge in [-0.15, -0.1) is 0 Å². The van der Waals surface area contributed by atoms with E-state index in [9.17, 15) is 18.0 Å². The van der Waals surface area contributed by atoms with Gasteiger partial charge >= 0.3 is 0 Å². The van der Waals surface area contributed by atoms with Gasteiger partial charge in [-0.1, -0.05) is 36.8 Å². The highest BCUT2D eigenvalue weighted by atomic mass is 32.2. The predicted octanol–water partition coefficient (Wildman–Crippen LogP) is 4.93. The molecule has 3 rings (SSSR count). The molecule has 3 aromatic carbocycles. The number of nitrogens with one attached hydrogen (secondary N) is 1. The average Bonchev–Trinajstić information content (AvgIpc) is 2.99. The molecule has 0 spiro atoms. The molecule has 9 nitrogen and oxygen atoms in total. The lowest BCUT2D eigenvalue weighted by molar-refractivity contribution is -0.139. The Balaban J connectivity index is 2.01. The molecule has 3 aromatic rings. The van der Waals surface area contributed by atoms with Crippen LogP contribution in [0.2, 0.25) is 0 Å². The minimum atomic E-state index is -4.16. The molecule has 0 heterocycles. The van der Waals surface area contributed by atoms with Crippen LogP contribution in [0, 0.1) is 6.92 Å². The van der Waals surface area contributed by atoms with Gasteiger partial charge in [-0.2, -0.15) is 0 Å². The minimum absolute atomic E-state index is 0.0172. The normalized spacial score (nSPS) is 12.6. The van der Waals surface area contributed by atoms with Crippen molar-refractivity contribution in [3.63, 3.8) is 0 Å². The van der Waals surface area contributed by atoms with Crippen molar-refractivity contribution < 1.29 is 27.5 Å². The van der Waals surface area contributed by atoms with E-state index in [2.05, 4.69) is 5.32 Å². The lowest BCUT2D eigenvalue weighted by Crippen LogP contribution is -2.52. The molecule has 1 N–H and O–H groups in total. The van der Waals surface area contributed by atoms with Crippen LogP contribution in [0.15, 0.2) is 77.7 Å². The van der Waals surface area contributed by atoms with Crippen LogP contribution in [0.3, 0.4) is 0 Å². The molecule has 0 aliphatic carbocycles. The second-order valence-corrected chi connectivity index (χ2v) is 12.0. The monoisotopic (exact) mass is 595 g/mol.